The van der Waals surface area contributed by atoms with Gasteiger partial charge in [-0.25, -0.2) is 0 Å². The second-order valence-corrected chi connectivity index (χ2v) is 10.7. The van der Waals surface area contributed by atoms with E-state index in [9.17, 15) is 9.59 Å². The Morgan fingerprint density at radius 2 is 1.86 bits per heavy atom. The fourth-order valence-electron chi connectivity index (χ4n) is 3.31. The van der Waals surface area contributed by atoms with Crippen molar-refractivity contribution in [3.05, 3.63) is 96.9 Å². The number of hydrogen-bond donors (Lipinski definition) is 1. The smallest absolute Gasteiger partial charge is 0.285 e. The Labute approximate surface area is 237 Å². The number of rotatable bonds is 8. The average molecular weight is 651 g/mol. The number of halogens is 2. The molecule has 0 bridgehead atoms. The summed E-state index contributed by atoms with van der Waals surface area (Å²) in [6.07, 6.45) is 1.72. The molecule has 1 N–H and O–H groups in total. The van der Waals surface area contributed by atoms with E-state index in [-0.39, 0.29) is 10.9 Å². The quantitative estimate of drug-likeness (QED) is 0.171. The molecule has 3 aromatic rings. The van der Waals surface area contributed by atoms with E-state index in [0.717, 1.165) is 31.5 Å². The lowest BCUT2D eigenvalue weighted by Crippen LogP contribution is -2.44. The van der Waals surface area contributed by atoms with Crippen molar-refractivity contribution < 1.29 is 19.1 Å². The number of carbonyl (C=O) groups excluding carboxylic acids is 2. The third-order valence-corrected chi connectivity index (χ3v) is 7.47. The van der Waals surface area contributed by atoms with Crippen molar-refractivity contribution in [3.63, 3.8) is 0 Å². The first-order valence-corrected chi connectivity index (χ1v) is 13.5. The lowest BCUT2D eigenvalue weighted by molar-refractivity contribution is -0.123. The van der Waals surface area contributed by atoms with Gasteiger partial charge >= 0.3 is 0 Å². The maximum atomic E-state index is 13.0. The molecule has 1 fully saturated rings. The van der Waals surface area contributed by atoms with Gasteiger partial charge in [-0.3, -0.25) is 15.0 Å². The van der Waals surface area contributed by atoms with Crippen LogP contribution in [-0.4, -0.2) is 27.8 Å². The number of thioether (sulfide) groups is 1. The van der Waals surface area contributed by atoms with Gasteiger partial charge in [0.15, 0.2) is 15.8 Å². The second-order valence-electron chi connectivity index (χ2n) is 7.47. The van der Waals surface area contributed by atoms with Crippen LogP contribution in [0.15, 0.2) is 71.6 Å². The Morgan fingerprint density at radius 1 is 1.14 bits per heavy atom. The summed E-state index contributed by atoms with van der Waals surface area (Å²) < 4.78 is 13.0. The average Bonchev–Trinajstić information content (AvgIpc) is 3.12. The lowest BCUT2D eigenvalue weighted by atomic mass is 10.1. The topological polar surface area (TPSA) is 67.9 Å². The highest BCUT2D eigenvalue weighted by atomic mass is 127. The van der Waals surface area contributed by atoms with E-state index in [1.165, 1.54) is 0 Å². The standard InChI is InChI=1S/C26H20ClIN2O4S2/c1-2-33-21-13-16(12-20(28)23(21)34-15-18-10-6-7-11-19(18)27)14-22-25(32)30(26(35)36-22)29-24(31)17-8-4-3-5-9-17/h3-14H,2,15H2,1H3,(H,29,31)/b22-14-. The first kappa shape index (κ1) is 26.5. The summed E-state index contributed by atoms with van der Waals surface area (Å²) in [5, 5.41) is 1.72. The Hall–Kier alpha value is -2.60. The molecule has 0 radical (unpaired) electrons. The van der Waals surface area contributed by atoms with Crippen molar-refractivity contribution in [3.8, 4) is 11.5 Å². The van der Waals surface area contributed by atoms with E-state index >= 15 is 0 Å². The van der Waals surface area contributed by atoms with E-state index in [1.54, 1.807) is 30.3 Å². The minimum atomic E-state index is -0.415. The predicted octanol–water partition coefficient (Wildman–Crippen LogP) is 6.47. The fourth-order valence-corrected chi connectivity index (χ4v) is 5.46. The number of ether oxygens (including phenoxy) is 2. The number of benzene rings is 3. The fraction of sp³-hybridized carbons (Fsp3) is 0.115. The molecule has 0 aliphatic carbocycles. The third kappa shape index (κ3) is 6.20. The molecule has 2 amide bonds. The van der Waals surface area contributed by atoms with Crippen molar-refractivity contribution >= 4 is 80.4 Å². The molecular weight excluding hydrogens is 631 g/mol. The number of thiocarbonyl (C=S) groups is 1. The van der Waals surface area contributed by atoms with Gasteiger partial charge in [0, 0.05) is 16.1 Å². The monoisotopic (exact) mass is 650 g/mol. The molecule has 0 spiro atoms. The van der Waals surface area contributed by atoms with Gasteiger partial charge in [0.1, 0.15) is 6.61 Å². The van der Waals surface area contributed by atoms with Gasteiger partial charge in [-0.15, -0.1) is 0 Å². The molecule has 0 saturated carbocycles. The summed E-state index contributed by atoms with van der Waals surface area (Å²) in [7, 11) is 0. The van der Waals surface area contributed by atoms with E-state index in [4.69, 9.17) is 33.3 Å². The summed E-state index contributed by atoms with van der Waals surface area (Å²) >= 11 is 14.9. The van der Waals surface area contributed by atoms with E-state index < -0.39 is 11.8 Å². The molecule has 10 heteroatoms. The van der Waals surface area contributed by atoms with E-state index in [1.807, 2.05) is 49.4 Å². The highest BCUT2D eigenvalue weighted by Crippen LogP contribution is 2.38. The minimum Gasteiger partial charge on any atom is -0.490 e. The maximum absolute atomic E-state index is 13.0. The van der Waals surface area contributed by atoms with Gasteiger partial charge in [0.2, 0.25) is 0 Å². The van der Waals surface area contributed by atoms with Crippen LogP contribution >= 0.6 is 58.2 Å². The zero-order valence-electron chi connectivity index (χ0n) is 19.0. The number of nitrogens with one attached hydrogen (secondary N) is 1. The summed E-state index contributed by atoms with van der Waals surface area (Å²) in [4.78, 5) is 25.9. The van der Waals surface area contributed by atoms with Crippen LogP contribution in [0.2, 0.25) is 5.02 Å². The molecule has 0 unspecified atom stereocenters. The molecule has 1 aliphatic heterocycles. The van der Waals surface area contributed by atoms with Gasteiger partial charge in [-0.1, -0.05) is 59.8 Å². The number of amides is 2. The van der Waals surface area contributed by atoms with Crippen molar-refractivity contribution in [1.29, 1.82) is 0 Å². The molecule has 0 atom stereocenters. The summed E-state index contributed by atoms with van der Waals surface area (Å²) in [5.41, 5.74) is 4.62. The highest BCUT2D eigenvalue weighted by molar-refractivity contribution is 14.1. The van der Waals surface area contributed by atoms with Crippen molar-refractivity contribution in [2.75, 3.05) is 6.61 Å². The molecule has 1 heterocycles. The first-order chi connectivity index (χ1) is 17.4. The van der Waals surface area contributed by atoms with Crippen LogP contribution in [-0.2, 0) is 11.4 Å². The molecule has 3 aromatic carbocycles. The summed E-state index contributed by atoms with van der Waals surface area (Å²) in [6, 6.07) is 19.8. The van der Waals surface area contributed by atoms with Gasteiger partial charge in [0.25, 0.3) is 11.8 Å². The summed E-state index contributed by atoms with van der Waals surface area (Å²) in [6.45, 7) is 2.61. The van der Waals surface area contributed by atoms with Crippen LogP contribution in [0, 0.1) is 3.57 Å². The Balaban J connectivity index is 1.54. The maximum Gasteiger partial charge on any atom is 0.285 e. The van der Waals surface area contributed by atoms with Gasteiger partial charge in [0.05, 0.1) is 15.1 Å². The molecule has 4 rings (SSSR count). The second kappa shape index (κ2) is 12.1. The van der Waals surface area contributed by atoms with Crippen LogP contribution in [0.1, 0.15) is 28.4 Å². The van der Waals surface area contributed by atoms with Gasteiger partial charge in [-0.2, -0.15) is 5.01 Å². The van der Waals surface area contributed by atoms with Crippen molar-refractivity contribution in [1.82, 2.24) is 10.4 Å². The minimum absolute atomic E-state index is 0.245. The molecule has 1 aliphatic rings. The Bertz CT molecular complexity index is 1350. The Morgan fingerprint density at radius 3 is 2.58 bits per heavy atom. The Kier molecular flexibility index (Phi) is 8.89. The molecule has 184 valence electrons. The number of hydrogen-bond acceptors (Lipinski definition) is 6. The third-order valence-electron chi connectivity index (χ3n) is 5.00. The predicted molar refractivity (Wildman–Crippen MR) is 155 cm³/mol. The van der Waals surface area contributed by atoms with Crippen LogP contribution in [0.3, 0.4) is 0 Å². The van der Waals surface area contributed by atoms with Crippen LogP contribution in [0.5, 0.6) is 11.5 Å². The highest BCUT2D eigenvalue weighted by Gasteiger charge is 2.34. The largest absolute Gasteiger partial charge is 0.490 e. The molecule has 36 heavy (non-hydrogen) atoms. The number of carbonyl (C=O) groups is 2. The van der Waals surface area contributed by atoms with E-state index in [0.29, 0.717) is 33.6 Å². The van der Waals surface area contributed by atoms with Crippen LogP contribution < -0.4 is 14.9 Å². The number of nitrogens with zero attached hydrogens (tertiary/aromatic N) is 1. The molecule has 6 nitrogen and oxygen atoms in total. The van der Waals surface area contributed by atoms with Gasteiger partial charge < -0.3 is 9.47 Å². The SMILES string of the molecule is CCOc1cc(/C=C2\SC(=S)N(NC(=O)c3ccccc3)C2=O)cc(I)c1OCc1ccccc1Cl. The van der Waals surface area contributed by atoms with Gasteiger partial charge in [-0.05, 0) is 83.7 Å². The molecular formula is C26H20ClIN2O4S2. The van der Waals surface area contributed by atoms with Crippen molar-refractivity contribution in [2.24, 2.45) is 0 Å². The van der Waals surface area contributed by atoms with Crippen LogP contribution in [0.25, 0.3) is 6.08 Å². The lowest BCUT2D eigenvalue weighted by Gasteiger charge is -2.16. The normalized spacial score (nSPS) is 14.3. The number of hydrazine groups is 1. The molecule has 1 saturated heterocycles. The van der Waals surface area contributed by atoms with Crippen LogP contribution in [0.4, 0.5) is 0 Å². The van der Waals surface area contributed by atoms with Crippen molar-refractivity contribution in [2.45, 2.75) is 13.5 Å². The zero-order valence-corrected chi connectivity index (χ0v) is 23.5. The summed E-state index contributed by atoms with van der Waals surface area (Å²) in [5.74, 6) is 0.329. The zero-order chi connectivity index (χ0) is 25.7. The molecule has 0 aromatic heterocycles. The van der Waals surface area contributed by atoms with E-state index in [2.05, 4.69) is 28.0 Å². The first-order valence-electron chi connectivity index (χ1n) is 10.8.